The lowest BCUT2D eigenvalue weighted by Crippen LogP contribution is -2.27. The van der Waals surface area contributed by atoms with Gasteiger partial charge in [-0.1, -0.05) is 32.6 Å². The van der Waals surface area contributed by atoms with Crippen LogP contribution < -0.4 is 5.32 Å². The Morgan fingerprint density at radius 1 is 1.11 bits per heavy atom. The molecule has 0 aromatic carbocycles. The van der Waals surface area contributed by atoms with Crippen LogP contribution in [-0.4, -0.2) is 70.7 Å². The van der Waals surface area contributed by atoms with E-state index in [1.807, 2.05) is 25.2 Å². The van der Waals surface area contributed by atoms with Crippen molar-refractivity contribution in [2.75, 3.05) is 59.7 Å². The minimum Gasteiger partial charge on any atom is -0.493 e. The van der Waals surface area contributed by atoms with Crippen LogP contribution in [0.25, 0.3) is 0 Å². The molecule has 0 aliphatic rings. The third-order valence-corrected chi connectivity index (χ3v) is 3.95. The molecule has 5 heteroatoms. The Kier molecular flexibility index (Phi) is 17.5. The first kappa shape index (κ1) is 25.9. The van der Waals surface area contributed by atoms with Gasteiger partial charge in [0.05, 0.1) is 25.9 Å². The van der Waals surface area contributed by atoms with E-state index in [4.69, 9.17) is 14.2 Å². The van der Waals surface area contributed by atoms with Gasteiger partial charge in [0, 0.05) is 19.6 Å². The lowest BCUT2D eigenvalue weighted by Gasteiger charge is -2.20. The number of rotatable bonds is 18. The van der Waals surface area contributed by atoms with E-state index in [2.05, 4.69) is 44.6 Å². The Labute approximate surface area is 167 Å². The predicted octanol–water partition coefficient (Wildman–Crippen LogP) is 3.64. The monoisotopic (exact) mass is 382 g/mol. The van der Waals surface area contributed by atoms with Gasteiger partial charge in [0.2, 0.25) is 0 Å². The zero-order chi connectivity index (χ0) is 20.3. The highest BCUT2D eigenvalue weighted by molar-refractivity contribution is 5.15. The number of nitrogens with zero attached hydrogens (tertiary/aromatic N) is 1. The van der Waals surface area contributed by atoms with Gasteiger partial charge in [-0.2, -0.15) is 0 Å². The van der Waals surface area contributed by atoms with E-state index in [-0.39, 0.29) is 6.10 Å². The van der Waals surface area contributed by atoms with Gasteiger partial charge in [-0.15, -0.1) is 0 Å². The maximum atomic E-state index is 5.81. The van der Waals surface area contributed by atoms with Gasteiger partial charge in [0.25, 0.3) is 0 Å². The molecule has 0 amide bonds. The highest BCUT2D eigenvalue weighted by Gasteiger charge is 2.05. The van der Waals surface area contributed by atoms with Gasteiger partial charge in [-0.3, -0.25) is 0 Å². The Bertz CT molecular complexity index is 408. The van der Waals surface area contributed by atoms with Crippen molar-refractivity contribution in [2.45, 2.75) is 40.2 Å². The Morgan fingerprint density at radius 3 is 2.56 bits per heavy atom. The molecule has 0 saturated heterocycles. The molecule has 0 saturated carbocycles. The second-order valence-corrected chi connectivity index (χ2v) is 7.12. The predicted molar refractivity (Wildman–Crippen MR) is 115 cm³/mol. The summed E-state index contributed by atoms with van der Waals surface area (Å²) in [4.78, 5) is 2.27. The summed E-state index contributed by atoms with van der Waals surface area (Å²) in [5.41, 5.74) is 0. The summed E-state index contributed by atoms with van der Waals surface area (Å²) in [5, 5.41) is 3.36. The summed E-state index contributed by atoms with van der Waals surface area (Å²) in [6.45, 7) is 18.7. The van der Waals surface area contributed by atoms with Gasteiger partial charge in [0.15, 0.2) is 0 Å². The van der Waals surface area contributed by atoms with Crippen molar-refractivity contribution < 1.29 is 14.2 Å². The fourth-order valence-corrected chi connectivity index (χ4v) is 2.25. The van der Waals surface area contributed by atoms with Crippen molar-refractivity contribution in [1.82, 2.24) is 10.2 Å². The Morgan fingerprint density at radius 2 is 1.89 bits per heavy atom. The second-order valence-electron chi connectivity index (χ2n) is 7.12. The van der Waals surface area contributed by atoms with Crippen LogP contribution in [0.3, 0.4) is 0 Å². The molecule has 0 aromatic rings. The zero-order valence-electron chi connectivity index (χ0n) is 18.2. The first-order valence-corrected chi connectivity index (χ1v) is 10.2. The van der Waals surface area contributed by atoms with Crippen molar-refractivity contribution in [2.24, 2.45) is 5.92 Å². The Balaban J connectivity index is 3.59. The summed E-state index contributed by atoms with van der Waals surface area (Å²) in [7, 11) is 2.11. The first-order chi connectivity index (χ1) is 13.0. The number of allylic oxidation sites excluding steroid dienone is 4. The normalized spacial score (nSPS) is 13.7. The lowest BCUT2D eigenvalue weighted by atomic mass is 10.2. The Hall–Kier alpha value is -1.14. The van der Waals surface area contributed by atoms with Crippen LogP contribution in [-0.2, 0) is 14.2 Å². The van der Waals surface area contributed by atoms with Crippen molar-refractivity contribution in [3.05, 3.63) is 36.6 Å². The number of hydrogen-bond donors (Lipinski definition) is 1. The van der Waals surface area contributed by atoms with Crippen molar-refractivity contribution in [3.8, 4) is 0 Å². The molecule has 0 rings (SSSR count). The molecule has 0 fully saturated rings. The molecule has 0 aromatic heterocycles. The molecule has 0 heterocycles. The lowest BCUT2D eigenvalue weighted by molar-refractivity contribution is 0.00653. The molecule has 27 heavy (non-hydrogen) atoms. The molecule has 0 spiro atoms. The van der Waals surface area contributed by atoms with E-state index in [1.54, 1.807) is 6.08 Å². The average Bonchev–Trinajstić information content (AvgIpc) is 2.64. The van der Waals surface area contributed by atoms with Gasteiger partial charge in [0.1, 0.15) is 12.4 Å². The third kappa shape index (κ3) is 18.0. The minimum atomic E-state index is 0.234. The van der Waals surface area contributed by atoms with E-state index < -0.39 is 0 Å². The van der Waals surface area contributed by atoms with Gasteiger partial charge >= 0.3 is 0 Å². The standard InChI is InChI=1S/C22H42N2O3/c1-7-9-10-22(8-2)27-16-14-24(6)13-11-21(5)26-18-17-25-15-12-23-19-20(3)4/h7-10,20-21,23H,1,11-19H2,2-6H3/b10-9-,22-8+. The summed E-state index contributed by atoms with van der Waals surface area (Å²) in [6, 6.07) is 0. The molecule has 1 unspecified atom stereocenters. The molecule has 1 N–H and O–H groups in total. The topological polar surface area (TPSA) is 43.0 Å². The fourth-order valence-electron chi connectivity index (χ4n) is 2.25. The highest BCUT2D eigenvalue weighted by Crippen LogP contribution is 2.02. The second kappa shape index (κ2) is 18.2. The van der Waals surface area contributed by atoms with Crippen LogP contribution in [0.1, 0.15) is 34.1 Å². The van der Waals surface area contributed by atoms with E-state index in [0.29, 0.717) is 25.7 Å². The van der Waals surface area contributed by atoms with Crippen LogP contribution in [0.2, 0.25) is 0 Å². The van der Waals surface area contributed by atoms with Crippen LogP contribution in [0.5, 0.6) is 0 Å². The largest absolute Gasteiger partial charge is 0.493 e. The number of likely N-dealkylation sites (N-methyl/N-ethyl adjacent to an activating group) is 1. The van der Waals surface area contributed by atoms with E-state index >= 15 is 0 Å². The molecule has 0 aliphatic heterocycles. The van der Waals surface area contributed by atoms with Crippen LogP contribution >= 0.6 is 0 Å². The van der Waals surface area contributed by atoms with Crippen LogP contribution in [0.15, 0.2) is 36.6 Å². The van der Waals surface area contributed by atoms with E-state index in [0.717, 1.165) is 45.0 Å². The quantitative estimate of drug-likeness (QED) is 0.223. The fraction of sp³-hybridized carbons (Fsp3) is 0.727. The van der Waals surface area contributed by atoms with Crippen molar-refractivity contribution >= 4 is 0 Å². The summed E-state index contributed by atoms with van der Waals surface area (Å²) in [5.74, 6) is 1.55. The molecule has 0 bridgehead atoms. The van der Waals surface area contributed by atoms with E-state index in [1.165, 1.54) is 0 Å². The SMILES string of the molecule is C=C/C=C\C(=C/C)OCCN(C)CCC(C)OCCOCCNCC(C)C. The van der Waals surface area contributed by atoms with Crippen molar-refractivity contribution in [1.29, 1.82) is 0 Å². The maximum absolute atomic E-state index is 5.81. The molecular formula is C22H42N2O3. The molecule has 5 nitrogen and oxygen atoms in total. The molecule has 0 aliphatic carbocycles. The number of hydrogen-bond acceptors (Lipinski definition) is 5. The van der Waals surface area contributed by atoms with Gasteiger partial charge < -0.3 is 24.4 Å². The first-order valence-electron chi connectivity index (χ1n) is 10.2. The molecule has 158 valence electrons. The summed E-state index contributed by atoms with van der Waals surface area (Å²) in [6.07, 6.45) is 8.74. The van der Waals surface area contributed by atoms with E-state index in [9.17, 15) is 0 Å². The molecular weight excluding hydrogens is 340 g/mol. The molecule has 0 radical (unpaired) electrons. The summed E-state index contributed by atoms with van der Waals surface area (Å²) < 4.78 is 17.1. The third-order valence-electron chi connectivity index (χ3n) is 3.95. The van der Waals surface area contributed by atoms with Gasteiger partial charge in [-0.25, -0.2) is 0 Å². The van der Waals surface area contributed by atoms with Crippen molar-refractivity contribution in [3.63, 3.8) is 0 Å². The van der Waals surface area contributed by atoms with Crippen LogP contribution in [0, 0.1) is 5.92 Å². The minimum absolute atomic E-state index is 0.234. The summed E-state index contributed by atoms with van der Waals surface area (Å²) >= 11 is 0. The average molecular weight is 383 g/mol. The smallest absolute Gasteiger partial charge is 0.115 e. The molecule has 1 atom stereocenters. The zero-order valence-corrected chi connectivity index (χ0v) is 18.2. The van der Waals surface area contributed by atoms with Crippen LogP contribution in [0.4, 0.5) is 0 Å². The number of nitrogens with one attached hydrogen (secondary N) is 1. The number of ether oxygens (including phenoxy) is 3. The maximum Gasteiger partial charge on any atom is 0.115 e. The highest BCUT2D eigenvalue weighted by atomic mass is 16.5. The van der Waals surface area contributed by atoms with Gasteiger partial charge in [-0.05, 0) is 51.9 Å².